The molecule has 0 amide bonds. The molecule has 31 heavy (non-hydrogen) atoms. The Hall–Kier alpha value is -2.47. The monoisotopic (exact) mass is 448 g/mol. The molecule has 0 unspecified atom stereocenters. The summed E-state index contributed by atoms with van der Waals surface area (Å²) in [5.74, 6) is -0.967. The zero-order chi connectivity index (χ0) is 23.5. The molecule has 2 fully saturated rings. The van der Waals surface area contributed by atoms with E-state index >= 15 is 0 Å². The van der Waals surface area contributed by atoms with Crippen LogP contribution < -0.4 is 40.1 Å². The van der Waals surface area contributed by atoms with Crippen molar-refractivity contribution in [1.29, 1.82) is 0 Å². The molecular weight excluding hydrogens is 416 g/mol. The van der Waals surface area contributed by atoms with Crippen molar-refractivity contribution in [1.82, 2.24) is 0 Å². The SMILES string of the molecule is NC(N)=NC[C@H]1O[C@H](O[C@@H]2[C@@H](O)[C@H](O)[C@@H](N)C[C@H]2N=C(N)N)[C@H](N=C(N)N)[C@@H](O)[C@@H]1O. The topological polar surface area (TPSA) is 319 Å². The van der Waals surface area contributed by atoms with E-state index in [1.807, 2.05) is 0 Å². The fourth-order valence-corrected chi connectivity index (χ4v) is 3.56. The van der Waals surface area contributed by atoms with Crippen LogP contribution in [0.15, 0.2) is 15.0 Å². The first kappa shape index (κ1) is 24.8. The molecule has 10 atom stereocenters. The van der Waals surface area contributed by atoms with Gasteiger partial charge in [0.15, 0.2) is 24.2 Å². The maximum Gasteiger partial charge on any atom is 0.186 e. The van der Waals surface area contributed by atoms with Gasteiger partial charge in [0.25, 0.3) is 0 Å². The van der Waals surface area contributed by atoms with Crippen molar-refractivity contribution in [3.8, 4) is 0 Å². The van der Waals surface area contributed by atoms with Gasteiger partial charge in [-0.15, -0.1) is 0 Å². The third-order valence-corrected chi connectivity index (χ3v) is 5.04. The van der Waals surface area contributed by atoms with Crippen molar-refractivity contribution < 1.29 is 29.9 Å². The molecule has 0 spiro atoms. The average Bonchev–Trinajstić information content (AvgIpc) is 2.66. The first-order chi connectivity index (χ1) is 14.4. The zero-order valence-electron chi connectivity index (χ0n) is 16.7. The van der Waals surface area contributed by atoms with E-state index in [0.717, 1.165) is 0 Å². The van der Waals surface area contributed by atoms with Crippen LogP contribution in [0.1, 0.15) is 6.42 Å². The highest BCUT2D eigenvalue weighted by molar-refractivity contribution is 5.76. The van der Waals surface area contributed by atoms with Crippen LogP contribution in [0, 0.1) is 0 Å². The molecule has 0 radical (unpaired) electrons. The lowest BCUT2D eigenvalue weighted by Crippen LogP contribution is -2.64. The third kappa shape index (κ3) is 6.03. The molecule has 2 rings (SSSR count). The number of nitrogens with zero attached hydrogens (tertiary/aromatic N) is 3. The van der Waals surface area contributed by atoms with Crippen molar-refractivity contribution in [3.63, 3.8) is 0 Å². The van der Waals surface area contributed by atoms with E-state index in [1.165, 1.54) is 0 Å². The summed E-state index contributed by atoms with van der Waals surface area (Å²) in [4.78, 5) is 11.6. The maximum absolute atomic E-state index is 10.6. The van der Waals surface area contributed by atoms with Gasteiger partial charge in [0.1, 0.15) is 36.6 Å². The summed E-state index contributed by atoms with van der Waals surface area (Å²) >= 11 is 0. The van der Waals surface area contributed by atoms with E-state index in [2.05, 4.69) is 15.0 Å². The van der Waals surface area contributed by atoms with Gasteiger partial charge in [-0.25, -0.2) is 9.98 Å². The van der Waals surface area contributed by atoms with Gasteiger partial charge < -0.3 is 70.0 Å². The fourth-order valence-electron chi connectivity index (χ4n) is 3.56. The molecule has 0 aromatic heterocycles. The second-order valence-electron chi connectivity index (χ2n) is 7.44. The van der Waals surface area contributed by atoms with E-state index in [0.29, 0.717) is 0 Å². The highest BCUT2D eigenvalue weighted by atomic mass is 16.7. The summed E-state index contributed by atoms with van der Waals surface area (Å²) in [6.45, 7) is -0.215. The Morgan fingerprint density at radius 2 is 1.45 bits per heavy atom. The van der Waals surface area contributed by atoms with Gasteiger partial charge in [0.2, 0.25) is 0 Å². The first-order valence-electron chi connectivity index (χ1n) is 9.44. The molecule has 178 valence electrons. The van der Waals surface area contributed by atoms with Gasteiger partial charge in [-0.05, 0) is 6.42 Å². The fraction of sp³-hybridized carbons (Fsp3) is 0.800. The maximum atomic E-state index is 10.6. The summed E-state index contributed by atoms with van der Waals surface area (Å²) in [7, 11) is 0. The van der Waals surface area contributed by atoms with Gasteiger partial charge in [0, 0.05) is 6.04 Å². The van der Waals surface area contributed by atoms with Crippen LogP contribution in [0.2, 0.25) is 0 Å². The number of aliphatic hydroxyl groups is 4. The van der Waals surface area contributed by atoms with Gasteiger partial charge in [-0.1, -0.05) is 0 Å². The predicted octanol–water partition coefficient (Wildman–Crippen LogP) is -7.17. The second-order valence-corrected chi connectivity index (χ2v) is 7.44. The summed E-state index contributed by atoms with van der Waals surface area (Å²) in [6, 6.07) is -2.98. The molecule has 16 heteroatoms. The van der Waals surface area contributed by atoms with E-state index in [1.54, 1.807) is 0 Å². The molecule has 1 aliphatic heterocycles. The van der Waals surface area contributed by atoms with Crippen molar-refractivity contribution in [2.45, 2.75) is 67.5 Å². The minimum atomic E-state index is -1.55. The van der Waals surface area contributed by atoms with E-state index < -0.39 is 67.0 Å². The Morgan fingerprint density at radius 3 is 2.00 bits per heavy atom. The molecule has 18 N–H and O–H groups in total. The zero-order valence-corrected chi connectivity index (χ0v) is 16.7. The Labute approximate surface area is 177 Å². The van der Waals surface area contributed by atoms with Crippen LogP contribution in [0.5, 0.6) is 0 Å². The van der Waals surface area contributed by atoms with Crippen LogP contribution >= 0.6 is 0 Å². The number of ether oxygens (including phenoxy) is 2. The Bertz CT molecular complexity index is 694. The average molecular weight is 448 g/mol. The highest BCUT2D eigenvalue weighted by Gasteiger charge is 2.50. The highest BCUT2D eigenvalue weighted by Crippen LogP contribution is 2.31. The number of hydrogen-bond donors (Lipinski definition) is 11. The molecule has 0 bridgehead atoms. The van der Waals surface area contributed by atoms with Gasteiger partial charge in [0.05, 0.1) is 18.7 Å². The van der Waals surface area contributed by atoms with Crippen LogP contribution in [0.25, 0.3) is 0 Å². The summed E-state index contributed by atoms with van der Waals surface area (Å²) < 4.78 is 11.5. The molecule has 0 aromatic carbocycles. The van der Waals surface area contributed by atoms with Crippen molar-refractivity contribution in [2.24, 2.45) is 55.1 Å². The molecule has 16 nitrogen and oxygen atoms in total. The predicted molar refractivity (Wildman–Crippen MR) is 110 cm³/mol. The van der Waals surface area contributed by atoms with Crippen LogP contribution in [-0.4, -0.2) is 106 Å². The normalized spacial score (nSPS) is 40.5. The second kappa shape index (κ2) is 10.2. The van der Waals surface area contributed by atoms with Crippen molar-refractivity contribution >= 4 is 17.9 Å². The largest absolute Gasteiger partial charge is 0.389 e. The number of rotatable bonds is 6. The minimum Gasteiger partial charge on any atom is -0.389 e. The first-order valence-corrected chi connectivity index (χ1v) is 9.44. The molecule has 1 heterocycles. The number of hydrogen-bond acceptors (Lipinski definition) is 10. The van der Waals surface area contributed by atoms with E-state index in [4.69, 9.17) is 49.6 Å². The molecule has 0 aromatic rings. The Morgan fingerprint density at radius 1 is 0.839 bits per heavy atom. The molecule has 1 saturated carbocycles. The van der Waals surface area contributed by atoms with Gasteiger partial charge in [-0.2, -0.15) is 0 Å². The van der Waals surface area contributed by atoms with Crippen LogP contribution in [-0.2, 0) is 9.47 Å². The molecular formula is C15H32N10O6. The van der Waals surface area contributed by atoms with Crippen molar-refractivity contribution in [3.05, 3.63) is 0 Å². The number of nitrogens with two attached hydrogens (primary N) is 7. The van der Waals surface area contributed by atoms with Crippen LogP contribution in [0.3, 0.4) is 0 Å². The molecule has 1 aliphatic carbocycles. The minimum absolute atomic E-state index is 0.0725. The number of aliphatic hydroxyl groups excluding tert-OH is 4. The van der Waals surface area contributed by atoms with Crippen LogP contribution in [0.4, 0.5) is 0 Å². The standard InChI is InChI=1S/C15H32N10O6/c16-3-1-4(24-14(19)20)11(10(29)7(3)26)31-12-6(25-15(21)22)9(28)8(27)5(30-12)2-23-13(17)18/h3-12,26-29H,1-2,16H2,(H4,17,18,23)(H4,19,20,24)(H4,21,22,25)/t3-,4+,5+,6+,7+,8+,9+,10-,11-,12+/m0/s1. The quantitative estimate of drug-likeness (QED) is 0.133. The number of guanidine groups is 3. The van der Waals surface area contributed by atoms with E-state index in [9.17, 15) is 20.4 Å². The summed E-state index contributed by atoms with van der Waals surface area (Å²) in [5.41, 5.74) is 38.2. The molecule has 1 saturated heterocycles. The van der Waals surface area contributed by atoms with Crippen molar-refractivity contribution in [2.75, 3.05) is 6.54 Å². The lowest BCUT2D eigenvalue weighted by Gasteiger charge is -2.45. The Balaban J connectivity index is 2.35. The molecule has 2 aliphatic rings. The third-order valence-electron chi connectivity index (χ3n) is 5.04. The van der Waals surface area contributed by atoms with Gasteiger partial charge in [-0.3, -0.25) is 4.99 Å². The van der Waals surface area contributed by atoms with Gasteiger partial charge >= 0.3 is 0 Å². The summed E-state index contributed by atoms with van der Waals surface area (Å²) in [6.07, 6.45) is -9.55. The number of aliphatic imine (C=N–C) groups is 3. The lowest BCUT2D eigenvalue weighted by atomic mass is 9.84. The summed E-state index contributed by atoms with van der Waals surface area (Å²) in [5, 5.41) is 41.6. The Kier molecular flexibility index (Phi) is 8.18. The van der Waals surface area contributed by atoms with E-state index in [-0.39, 0.29) is 24.9 Å². The lowest BCUT2D eigenvalue weighted by molar-refractivity contribution is -0.287. The smallest absolute Gasteiger partial charge is 0.186 e.